The first-order chi connectivity index (χ1) is 11.1. The van der Waals surface area contributed by atoms with Gasteiger partial charge >= 0.3 is 5.97 Å². The SMILES string of the molecule is COC(=O)C[C@H](C)CC[C@@]1(C)[C@H](C)CC[C@@]2(C)C(C)=C[C@@H](O)C[C@H]12. The number of esters is 1. The number of methoxy groups -OCH3 is 1. The molecule has 2 aliphatic carbocycles. The van der Waals surface area contributed by atoms with Gasteiger partial charge in [0, 0.05) is 6.42 Å². The largest absolute Gasteiger partial charge is 0.469 e. The summed E-state index contributed by atoms with van der Waals surface area (Å²) in [6, 6.07) is 0. The lowest BCUT2D eigenvalue weighted by Crippen LogP contribution is -2.51. The van der Waals surface area contributed by atoms with E-state index in [-0.39, 0.29) is 22.9 Å². The van der Waals surface area contributed by atoms with E-state index in [0.29, 0.717) is 24.2 Å². The molecule has 0 saturated heterocycles. The number of aliphatic hydroxyl groups excluding tert-OH is 1. The van der Waals surface area contributed by atoms with Crippen molar-refractivity contribution in [3.63, 3.8) is 0 Å². The van der Waals surface area contributed by atoms with Crippen LogP contribution in [0.1, 0.15) is 73.1 Å². The van der Waals surface area contributed by atoms with Crippen molar-refractivity contribution in [2.45, 2.75) is 79.2 Å². The molecule has 1 saturated carbocycles. The Balaban J connectivity index is 2.16. The first-order valence-corrected chi connectivity index (χ1v) is 9.57. The fourth-order valence-corrected chi connectivity index (χ4v) is 5.33. The summed E-state index contributed by atoms with van der Waals surface area (Å²) in [4.78, 5) is 11.5. The third-order valence-corrected chi connectivity index (χ3v) is 7.53. The van der Waals surface area contributed by atoms with E-state index in [0.717, 1.165) is 19.3 Å². The fourth-order valence-electron chi connectivity index (χ4n) is 5.33. The quantitative estimate of drug-likeness (QED) is 0.583. The number of aliphatic hydroxyl groups is 1. The Morgan fingerprint density at radius 1 is 1.46 bits per heavy atom. The van der Waals surface area contributed by atoms with Crippen LogP contribution in [0.5, 0.6) is 0 Å². The molecule has 0 radical (unpaired) electrons. The van der Waals surface area contributed by atoms with E-state index in [9.17, 15) is 9.90 Å². The van der Waals surface area contributed by atoms with Crippen molar-refractivity contribution < 1.29 is 14.6 Å². The van der Waals surface area contributed by atoms with Crippen LogP contribution < -0.4 is 0 Å². The van der Waals surface area contributed by atoms with E-state index >= 15 is 0 Å². The van der Waals surface area contributed by atoms with Gasteiger partial charge in [-0.05, 0) is 67.6 Å². The number of rotatable bonds is 5. The molecule has 0 aromatic heterocycles. The molecule has 1 N–H and O–H groups in total. The molecule has 0 spiro atoms. The Labute approximate surface area is 147 Å². The molecule has 0 bridgehead atoms. The van der Waals surface area contributed by atoms with Crippen molar-refractivity contribution in [1.82, 2.24) is 0 Å². The molecule has 24 heavy (non-hydrogen) atoms. The van der Waals surface area contributed by atoms with Crippen LogP contribution in [-0.2, 0) is 9.53 Å². The van der Waals surface area contributed by atoms with Crippen molar-refractivity contribution in [3.8, 4) is 0 Å². The first kappa shape index (κ1) is 19.5. The lowest BCUT2D eigenvalue weighted by Gasteiger charge is -2.58. The number of carbonyl (C=O) groups excluding carboxylic acids is 1. The fraction of sp³-hybridized carbons (Fsp3) is 0.857. The highest BCUT2D eigenvalue weighted by atomic mass is 16.5. The monoisotopic (exact) mass is 336 g/mol. The maximum absolute atomic E-state index is 11.5. The predicted octanol–water partition coefficient (Wildman–Crippen LogP) is 4.74. The summed E-state index contributed by atoms with van der Waals surface area (Å²) in [5, 5.41) is 10.3. The standard InChI is InChI=1S/C21H36O3/c1-14(11-19(23)24-6)7-9-20(4)15(2)8-10-21(5)16(3)12-17(22)13-18(20)21/h12,14-15,17-18,22H,7-11,13H2,1-6H3/t14-,15-,17-,18-,20+,21+/m1/s1. The van der Waals surface area contributed by atoms with E-state index < -0.39 is 0 Å². The average Bonchev–Trinajstić information content (AvgIpc) is 2.52. The summed E-state index contributed by atoms with van der Waals surface area (Å²) in [6.45, 7) is 11.6. The van der Waals surface area contributed by atoms with Crippen LogP contribution in [0.3, 0.4) is 0 Å². The zero-order chi connectivity index (χ0) is 18.1. The van der Waals surface area contributed by atoms with Gasteiger partial charge in [0.2, 0.25) is 0 Å². The molecule has 3 nitrogen and oxygen atoms in total. The molecule has 3 heteroatoms. The second-order valence-electron chi connectivity index (χ2n) is 8.99. The Morgan fingerprint density at radius 2 is 2.12 bits per heavy atom. The average molecular weight is 337 g/mol. The normalized spacial score (nSPS) is 40.5. The summed E-state index contributed by atoms with van der Waals surface area (Å²) >= 11 is 0. The second-order valence-corrected chi connectivity index (χ2v) is 8.99. The molecule has 2 rings (SSSR count). The number of fused-ring (bicyclic) bond motifs is 1. The minimum absolute atomic E-state index is 0.110. The lowest BCUT2D eigenvalue weighted by molar-refractivity contribution is -0.141. The van der Waals surface area contributed by atoms with Crippen LogP contribution in [0.4, 0.5) is 0 Å². The maximum atomic E-state index is 11.5. The topological polar surface area (TPSA) is 46.5 Å². The number of allylic oxidation sites excluding steroid dienone is 1. The second kappa shape index (κ2) is 7.19. The van der Waals surface area contributed by atoms with Gasteiger partial charge < -0.3 is 9.84 Å². The minimum Gasteiger partial charge on any atom is -0.469 e. The smallest absolute Gasteiger partial charge is 0.305 e. The van der Waals surface area contributed by atoms with Gasteiger partial charge in [-0.25, -0.2) is 0 Å². The van der Waals surface area contributed by atoms with Crippen LogP contribution >= 0.6 is 0 Å². The minimum atomic E-state index is -0.305. The summed E-state index contributed by atoms with van der Waals surface area (Å²) in [6.07, 6.45) is 7.78. The van der Waals surface area contributed by atoms with Crippen molar-refractivity contribution in [1.29, 1.82) is 0 Å². The first-order valence-electron chi connectivity index (χ1n) is 9.57. The molecule has 0 aromatic carbocycles. The number of carbonyl (C=O) groups is 1. The Hall–Kier alpha value is -0.830. The molecule has 1 fully saturated rings. The van der Waals surface area contributed by atoms with Gasteiger partial charge in [-0.3, -0.25) is 4.79 Å². The van der Waals surface area contributed by atoms with Gasteiger partial charge in [-0.2, -0.15) is 0 Å². The molecule has 138 valence electrons. The van der Waals surface area contributed by atoms with Gasteiger partial charge in [-0.15, -0.1) is 0 Å². The number of hydrogen-bond donors (Lipinski definition) is 1. The van der Waals surface area contributed by atoms with Crippen LogP contribution in [0.15, 0.2) is 11.6 Å². The van der Waals surface area contributed by atoms with Gasteiger partial charge in [-0.1, -0.05) is 39.3 Å². The van der Waals surface area contributed by atoms with E-state index in [1.807, 2.05) is 0 Å². The third kappa shape index (κ3) is 3.56. The molecular formula is C21H36O3. The van der Waals surface area contributed by atoms with Crippen LogP contribution in [0, 0.1) is 28.6 Å². The number of hydrogen-bond acceptors (Lipinski definition) is 3. The van der Waals surface area contributed by atoms with Gasteiger partial charge in [0.15, 0.2) is 0 Å². The van der Waals surface area contributed by atoms with Gasteiger partial charge in [0.25, 0.3) is 0 Å². The van der Waals surface area contributed by atoms with Crippen molar-refractivity contribution in [2.75, 3.05) is 7.11 Å². The summed E-state index contributed by atoms with van der Waals surface area (Å²) in [5.74, 6) is 1.40. The van der Waals surface area contributed by atoms with Crippen molar-refractivity contribution in [2.24, 2.45) is 28.6 Å². The Bertz CT molecular complexity index is 497. The molecule has 6 atom stereocenters. The highest BCUT2D eigenvalue weighted by molar-refractivity contribution is 5.69. The van der Waals surface area contributed by atoms with Crippen molar-refractivity contribution in [3.05, 3.63) is 11.6 Å². The lowest BCUT2D eigenvalue weighted by atomic mass is 9.46. The van der Waals surface area contributed by atoms with E-state index in [1.54, 1.807) is 0 Å². The van der Waals surface area contributed by atoms with E-state index in [2.05, 4.69) is 40.7 Å². The highest BCUT2D eigenvalue weighted by Gasteiger charge is 2.54. The summed E-state index contributed by atoms with van der Waals surface area (Å²) < 4.78 is 4.81. The number of ether oxygens (including phenoxy) is 1. The molecular weight excluding hydrogens is 300 g/mol. The molecule has 0 unspecified atom stereocenters. The third-order valence-electron chi connectivity index (χ3n) is 7.53. The van der Waals surface area contributed by atoms with Gasteiger partial charge in [0.05, 0.1) is 13.2 Å². The van der Waals surface area contributed by atoms with Crippen LogP contribution in [0.2, 0.25) is 0 Å². The maximum Gasteiger partial charge on any atom is 0.305 e. The molecule has 0 heterocycles. The van der Waals surface area contributed by atoms with E-state index in [1.165, 1.54) is 25.5 Å². The van der Waals surface area contributed by atoms with Crippen LogP contribution in [-0.4, -0.2) is 24.3 Å². The van der Waals surface area contributed by atoms with Crippen LogP contribution in [0.25, 0.3) is 0 Å². The molecule has 0 aliphatic heterocycles. The van der Waals surface area contributed by atoms with Gasteiger partial charge in [0.1, 0.15) is 0 Å². The summed E-state index contributed by atoms with van der Waals surface area (Å²) in [7, 11) is 1.46. The molecule has 2 aliphatic rings. The zero-order valence-electron chi connectivity index (χ0n) is 16.4. The Morgan fingerprint density at radius 3 is 2.75 bits per heavy atom. The highest BCUT2D eigenvalue weighted by Crippen LogP contribution is 2.61. The molecule has 0 amide bonds. The Kier molecular flexibility index (Phi) is 5.84. The van der Waals surface area contributed by atoms with Crippen molar-refractivity contribution >= 4 is 5.97 Å². The van der Waals surface area contributed by atoms with E-state index in [4.69, 9.17) is 4.74 Å². The zero-order valence-corrected chi connectivity index (χ0v) is 16.4. The summed E-state index contributed by atoms with van der Waals surface area (Å²) in [5.41, 5.74) is 1.80. The predicted molar refractivity (Wildman–Crippen MR) is 97.5 cm³/mol. The molecule has 0 aromatic rings.